The number of rotatable bonds is 1. The van der Waals surface area contributed by atoms with Crippen LogP contribution in [0.4, 0.5) is 0 Å². The molecule has 12 heavy (non-hydrogen) atoms. The molecule has 0 saturated carbocycles. The van der Waals surface area contributed by atoms with E-state index in [1.54, 1.807) is 0 Å². The van der Waals surface area contributed by atoms with Gasteiger partial charge in [0.1, 0.15) is 5.41 Å². The molecule has 4 heteroatoms. The molecule has 0 radical (unpaired) electrons. The van der Waals surface area contributed by atoms with Gasteiger partial charge in [-0.3, -0.25) is 4.79 Å². The number of nitrogens with one attached hydrogen (secondary N) is 1. The standard InChI is InChI=1S/C8H13NO3/c10-7(11)8-2-3-9-6(8)1-4-12-5-8/h6,9H,1-5H2,(H,10,11)/t6-,8-/m0/s1. The Hall–Kier alpha value is -0.610. The van der Waals surface area contributed by atoms with Gasteiger partial charge in [-0.05, 0) is 19.4 Å². The zero-order valence-corrected chi connectivity index (χ0v) is 6.88. The van der Waals surface area contributed by atoms with Crippen LogP contribution in [-0.4, -0.2) is 36.9 Å². The summed E-state index contributed by atoms with van der Waals surface area (Å²) in [5, 5.41) is 12.3. The maximum absolute atomic E-state index is 11.0. The Labute approximate surface area is 70.9 Å². The summed E-state index contributed by atoms with van der Waals surface area (Å²) in [5.41, 5.74) is -0.627. The van der Waals surface area contributed by atoms with E-state index in [0.717, 1.165) is 13.0 Å². The lowest BCUT2D eigenvalue weighted by Crippen LogP contribution is -2.49. The highest BCUT2D eigenvalue weighted by molar-refractivity contribution is 5.76. The molecule has 0 aliphatic carbocycles. The number of hydrogen-bond acceptors (Lipinski definition) is 3. The van der Waals surface area contributed by atoms with E-state index < -0.39 is 11.4 Å². The smallest absolute Gasteiger partial charge is 0.313 e. The molecule has 2 heterocycles. The highest BCUT2D eigenvalue weighted by Gasteiger charge is 2.51. The first-order valence-electron chi connectivity index (χ1n) is 4.30. The molecule has 2 atom stereocenters. The highest BCUT2D eigenvalue weighted by Crippen LogP contribution is 2.36. The lowest BCUT2D eigenvalue weighted by atomic mass is 9.78. The number of ether oxygens (including phenoxy) is 1. The molecule has 2 aliphatic rings. The van der Waals surface area contributed by atoms with Crippen LogP contribution in [-0.2, 0) is 9.53 Å². The van der Waals surface area contributed by atoms with E-state index in [-0.39, 0.29) is 6.04 Å². The van der Waals surface area contributed by atoms with Crippen molar-refractivity contribution in [2.75, 3.05) is 19.8 Å². The van der Waals surface area contributed by atoms with Crippen LogP contribution in [0, 0.1) is 5.41 Å². The third-order valence-corrected chi connectivity index (χ3v) is 2.97. The van der Waals surface area contributed by atoms with Crippen LogP contribution < -0.4 is 5.32 Å². The van der Waals surface area contributed by atoms with Gasteiger partial charge in [0, 0.05) is 12.6 Å². The van der Waals surface area contributed by atoms with Gasteiger partial charge in [-0.1, -0.05) is 0 Å². The average Bonchev–Trinajstić information content (AvgIpc) is 2.48. The SMILES string of the molecule is O=C(O)[C@]12CCN[C@H]1CCOC2. The van der Waals surface area contributed by atoms with Gasteiger partial charge in [-0.25, -0.2) is 0 Å². The van der Waals surface area contributed by atoms with Crippen LogP contribution in [0.5, 0.6) is 0 Å². The van der Waals surface area contributed by atoms with Gasteiger partial charge in [-0.2, -0.15) is 0 Å². The largest absolute Gasteiger partial charge is 0.481 e. The zero-order chi connectivity index (χ0) is 8.60. The van der Waals surface area contributed by atoms with Gasteiger partial charge in [0.05, 0.1) is 6.61 Å². The van der Waals surface area contributed by atoms with E-state index >= 15 is 0 Å². The molecule has 2 fully saturated rings. The Morgan fingerprint density at radius 3 is 3.17 bits per heavy atom. The first-order chi connectivity index (χ1) is 5.76. The van der Waals surface area contributed by atoms with E-state index in [1.165, 1.54) is 0 Å². The van der Waals surface area contributed by atoms with Gasteiger partial charge in [-0.15, -0.1) is 0 Å². The lowest BCUT2D eigenvalue weighted by Gasteiger charge is -2.34. The van der Waals surface area contributed by atoms with E-state index in [0.29, 0.717) is 19.6 Å². The topological polar surface area (TPSA) is 58.6 Å². The minimum absolute atomic E-state index is 0.128. The molecule has 0 bridgehead atoms. The van der Waals surface area contributed by atoms with Crippen molar-refractivity contribution in [2.45, 2.75) is 18.9 Å². The van der Waals surface area contributed by atoms with Crippen molar-refractivity contribution in [2.24, 2.45) is 5.41 Å². The molecule has 2 aliphatic heterocycles. The second kappa shape index (κ2) is 2.71. The normalized spacial score (nSPS) is 40.8. The third kappa shape index (κ3) is 0.949. The lowest BCUT2D eigenvalue weighted by molar-refractivity contribution is -0.157. The Morgan fingerprint density at radius 2 is 2.50 bits per heavy atom. The summed E-state index contributed by atoms with van der Waals surface area (Å²) in [4.78, 5) is 11.0. The summed E-state index contributed by atoms with van der Waals surface area (Å²) in [5.74, 6) is -0.711. The summed E-state index contributed by atoms with van der Waals surface area (Å²) < 4.78 is 5.23. The van der Waals surface area contributed by atoms with E-state index in [2.05, 4.69) is 5.32 Å². The second-order valence-electron chi connectivity index (χ2n) is 3.56. The third-order valence-electron chi connectivity index (χ3n) is 2.97. The van der Waals surface area contributed by atoms with Crippen molar-refractivity contribution in [1.29, 1.82) is 0 Å². The summed E-state index contributed by atoms with van der Waals surface area (Å²) in [6, 6.07) is 0.128. The molecule has 0 aromatic rings. The number of carboxylic acid groups (broad SMARTS) is 1. The molecule has 0 amide bonds. The minimum atomic E-state index is -0.711. The summed E-state index contributed by atoms with van der Waals surface area (Å²) in [7, 11) is 0. The van der Waals surface area contributed by atoms with Crippen molar-refractivity contribution in [3.8, 4) is 0 Å². The van der Waals surface area contributed by atoms with Crippen molar-refractivity contribution in [3.63, 3.8) is 0 Å². The Balaban J connectivity index is 2.23. The van der Waals surface area contributed by atoms with E-state index in [4.69, 9.17) is 9.84 Å². The summed E-state index contributed by atoms with van der Waals surface area (Å²) in [6.07, 6.45) is 1.53. The van der Waals surface area contributed by atoms with Crippen molar-refractivity contribution >= 4 is 5.97 Å². The highest BCUT2D eigenvalue weighted by atomic mass is 16.5. The fourth-order valence-electron chi connectivity index (χ4n) is 2.16. The van der Waals surface area contributed by atoms with Crippen LogP contribution >= 0.6 is 0 Å². The quantitative estimate of drug-likeness (QED) is 0.575. The molecule has 0 spiro atoms. The van der Waals surface area contributed by atoms with Gasteiger partial charge in [0.25, 0.3) is 0 Å². The number of carboxylic acids is 1. The van der Waals surface area contributed by atoms with Crippen molar-refractivity contribution in [1.82, 2.24) is 5.32 Å². The molecular formula is C8H13NO3. The fourth-order valence-corrected chi connectivity index (χ4v) is 2.16. The minimum Gasteiger partial charge on any atom is -0.481 e. The molecule has 4 nitrogen and oxygen atoms in total. The average molecular weight is 171 g/mol. The van der Waals surface area contributed by atoms with Crippen LogP contribution in [0.15, 0.2) is 0 Å². The van der Waals surface area contributed by atoms with Crippen LogP contribution in [0.3, 0.4) is 0 Å². The van der Waals surface area contributed by atoms with Gasteiger partial charge in [0.2, 0.25) is 0 Å². The molecule has 2 N–H and O–H groups in total. The second-order valence-corrected chi connectivity index (χ2v) is 3.56. The van der Waals surface area contributed by atoms with Gasteiger partial charge < -0.3 is 15.2 Å². The maximum Gasteiger partial charge on any atom is 0.313 e. The Kier molecular flexibility index (Phi) is 1.81. The van der Waals surface area contributed by atoms with Crippen LogP contribution in [0.1, 0.15) is 12.8 Å². The summed E-state index contributed by atoms with van der Waals surface area (Å²) in [6.45, 7) is 1.87. The number of aliphatic carboxylic acids is 1. The Morgan fingerprint density at radius 1 is 1.67 bits per heavy atom. The van der Waals surface area contributed by atoms with E-state index in [9.17, 15) is 4.79 Å². The molecule has 0 unspecified atom stereocenters. The predicted molar refractivity (Wildman–Crippen MR) is 41.9 cm³/mol. The van der Waals surface area contributed by atoms with Crippen LogP contribution in [0.2, 0.25) is 0 Å². The zero-order valence-electron chi connectivity index (χ0n) is 6.88. The monoisotopic (exact) mass is 171 g/mol. The van der Waals surface area contributed by atoms with Gasteiger partial charge >= 0.3 is 5.97 Å². The molecule has 2 rings (SSSR count). The maximum atomic E-state index is 11.0. The summed E-state index contributed by atoms with van der Waals surface area (Å²) >= 11 is 0. The van der Waals surface area contributed by atoms with Gasteiger partial charge in [0.15, 0.2) is 0 Å². The van der Waals surface area contributed by atoms with E-state index in [1.807, 2.05) is 0 Å². The number of fused-ring (bicyclic) bond motifs is 1. The molecule has 68 valence electrons. The molecule has 0 aromatic carbocycles. The predicted octanol–water partition coefficient (Wildman–Crippen LogP) is -0.160. The fraction of sp³-hybridized carbons (Fsp3) is 0.875. The Bertz CT molecular complexity index is 206. The van der Waals surface area contributed by atoms with Crippen LogP contribution in [0.25, 0.3) is 0 Å². The molecular weight excluding hydrogens is 158 g/mol. The number of carbonyl (C=O) groups is 1. The molecule has 0 aromatic heterocycles. The first kappa shape index (κ1) is 8.01. The van der Waals surface area contributed by atoms with Crippen molar-refractivity contribution < 1.29 is 14.6 Å². The first-order valence-corrected chi connectivity index (χ1v) is 4.30. The number of hydrogen-bond donors (Lipinski definition) is 2. The molecule has 2 saturated heterocycles. The van der Waals surface area contributed by atoms with Crippen molar-refractivity contribution in [3.05, 3.63) is 0 Å².